The van der Waals surface area contributed by atoms with Gasteiger partial charge < -0.3 is 24.7 Å². The number of rotatable bonds is 13. The molecule has 3 N–H and O–H groups in total. The molecular formula is C45H50ClN7O7S. The van der Waals surface area contributed by atoms with Crippen LogP contribution < -0.4 is 19.7 Å². The third-order valence-corrected chi connectivity index (χ3v) is 13.6. The summed E-state index contributed by atoms with van der Waals surface area (Å²) in [6.45, 7) is 10.1. The Labute approximate surface area is 360 Å². The summed E-state index contributed by atoms with van der Waals surface area (Å²) < 4.78 is 41.9. The molecule has 0 atom stereocenters. The number of carbonyl (C=O) groups is 1. The zero-order valence-electron chi connectivity index (χ0n) is 34.3. The summed E-state index contributed by atoms with van der Waals surface area (Å²) in [5.41, 5.74) is 5.17. The molecule has 0 radical (unpaired) electrons. The normalized spacial score (nSPS) is 17.7. The molecule has 3 aromatic carbocycles. The molecule has 2 fully saturated rings. The number of piperazine rings is 1. The fraction of sp³-hybridized carbons (Fsp3) is 0.378. The van der Waals surface area contributed by atoms with Gasteiger partial charge in [0.1, 0.15) is 27.7 Å². The largest absolute Gasteiger partial charge is 0.455 e. The molecule has 1 aliphatic carbocycles. The van der Waals surface area contributed by atoms with E-state index in [0.29, 0.717) is 31.2 Å². The van der Waals surface area contributed by atoms with Crippen molar-refractivity contribution in [3.8, 4) is 11.5 Å². The number of ether oxygens (including phenoxy) is 2. The van der Waals surface area contributed by atoms with Crippen molar-refractivity contribution in [1.82, 2.24) is 19.6 Å². The zero-order valence-corrected chi connectivity index (χ0v) is 35.9. The van der Waals surface area contributed by atoms with E-state index in [-0.39, 0.29) is 28.3 Å². The Morgan fingerprint density at radius 2 is 1.82 bits per heavy atom. The first-order valence-electron chi connectivity index (χ1n) is 20.7. The number of nitrogens with zero attached hydrogens (tertiary/aromatic N) is 4. The van der Waals surface area contributed by atoms with Crippen molar-refractivity contribution < 1.29 is 27.6 Å². The summed E-state index contributed by atoms with van der Waals surface area (Å²) >= 11 is 6.24. The van der Waals surface area contributed by atoms with Gasteiger partial charge in [0, 0.05) is 86.9 Å². The Morgan fingerprint density at radius 3 is 2.57 bits per heavy atom. The second kappa shape index (κ2) is 17.9. The molecule has 16 heteroatoms. The van der Waals surface area contributed by atoms with Crippen molar-refractivity contribution in [2.75, 3.05) is 62.7 Å². The average Bonchev–Trinajstić information content (AvgIpc) is 3.72. The number of benzene rings is 3. The van der Waals surface area contributed by atoms with Gasteiger partial charge in [-0.15, -0.1) is 0 Å². The van der Waals surface area contributed by atoms with E-state index in [0.717, 1.165) is 80.9 Å². The number of nitrogens with one attached hydrogen (secondary N) is 3. The third kappa shape index (κ3) is 9.86. The van der Waals surface area contributed by atoms with E-state index in [1.54, 1.807) is 30.5 Å². The predicted octanol–water partition coefficient (Wildman–Crippen LogP) is 8.66. The van der Waals surface area contributed by atoms with Gasteiger partial charge in [-0.2, -0.15) is 0 Å². The molecule has 320 valence electrons. The number of fused-ring (bicyclic) bond motifs is 1. The van der Waals surface area contributed by atoms with Gasteiger partial charge in [-0.3, -0.25) is 19.8 Å². The number of hydrogen-bond donors (Lipinski definition) is 3. The van der Waals surface area contributed by atoms with E-state index < -0.39 is 31.4 Å². The second-order valence-electron chi connectivity index (χ2n) is 16.8. The number of carbonyl (C=O) groups excluding carboxylic acids is 1. The number of allylic oxidation sites excluding steroid dienone is 1. The molecule has 5 aromatic rings. The summed E-state index contributed by atoms with van der Waals surface area (Å²) in [5.74, 6) is -0.340. The van der Waals surface area contributed by atoms with E-state index in [1.165, 1.54) is 41.1 Å². The lowest BCUT2D eigenvalue weighted by molar-refractivity contribution is -0.384. The fourth-order valence-corrected chi connectivity index (χ4v) is 9.78. The smallest absolute Gasteiger partial charge is 0.293 e. The molecule has 14 nitrogen and oxygen atoms in total. The summed E-state index contributed by atoms with van der Waals surface area (Å²) in [7, 11) is -4.63. The van der Waals surface area contributed by atoms with Gasteiger partial charge in [0.05, 0.1) is 16.7 Å². The number of aromatic amines is 1. The molecule has 0 unspecified atom stereocenters. The number of hydrogen-bond acceptors (Lipinski definition) is 11. The molecule has 0 spiro atoms. The fourth-order valence-electron chi connectivity index (χ4n) is 8.48. The molecule has 0 bridgehead atoms. The van der Waals surface area contributed by atoms with Crippen LogP contribution in [0.25, 0.3) is 16.6 Å². The number of aromatic nitrogens is 2. The van der Waals surface area contributed by atoms with Crippen LogP contribution in [0, 0.1) is 21.4 Å². The molecule has 8 rings (SSSR count). The first kappa shape index (κ1) is 42.2. The van der Waals surface area contributed by atoms with Gasteiger partial charge >= 0.3 is 0 Å². The van der Waals surface area contributed by atoms with Crippen LogP contribution in [0.3, 0.4) is 0 Å². The predicted molar refractivity (Wildman–Crippen MR) is 237 cm³/mol. The lowest BCUT2D eigenvalue weighted by Gasteiger charge is -2.39. The molecule has 2 saturated heterocycles. The van der Waals surface area contributed by atoms with Crippen molar-refractivity contribution >= 4 is 61.2 Å². The number of para-hydroxylation sites is 1. The highest BCUT2D eigenvalue weighted by Gasteiger charge is 2.32. The van der Waals surface area contributed by atoms with Crippen LogP contribution in [0.5, 0.6) is 11.5 Å². The van der Waals surface area contributed by atoms with Gasteiger partial charge in [0.25, 0.3) is 21.6 Å². The Hall–Kier alpha value is -5.48. The van der Waals surface area contributed by atoms with Crippen LogP contribution in [-0.2, 0) is 14.8 Å². The van der Waals surface area contributed by atoms with Crippen molar-refractivity contribution in [1.29, 1.82) is 0 Å². The quantitative estimate of drug-likeness (QED) is 0.0764. The molecule has 4 heterocycles. The van der Waals surface area contributed by atoms with Gasteiger partial charge in [-0.1, -0.05) is 49.2 Å². The Balaban J connectivity index is 1.03. The molecule has 61 heavy (non-hydrogen) atoms. The van der Waals surface area contributed by atoms with Crippen LogP contribution >= 0.6 is 11.6 Å². The zero-order chi connectivity index (χ0) is 42.7. The molecule has 0 saturated carbocycles. The number of halogens is 1. The van der Waals surface area contributed by atoms with Crippen molar-refractivity contribution in [3.63, 3.8) is 0 Å². The number of amides is 1. The standard InChI is InChI=1S/C45H50ClN7O7S/c1-45(2)16-12-33(38(26-45)31-6-8-34(46)9-7-31)29-51-18-20-52(21-19-51)35-10-11-37(40(25-35)60-36-24-32-13-17-47-43(32)49-28-36)44(54)50-61(57,58)41-5-3-4-39(53(55)56)42(41)48-27-30-14-22-59-23-15-30/h3-11,13,17,24-25,28,30,48H,12,14-16,18-23,26-27,29H2,1-2H3,(H,47,49)(H,50,54). The topological polar surface area (TPSA) is 172 Å². The van der Waals surface area contributed by atoms with Crippen molar-refractivity contribution in [2.24, 2.45) is 11.3 Å². The number of sulfonamides is 1. The highest BCUT2D eigenvalue weighted by molar-refractivity contribution is 7.90. The molecule has 1 amide bonds. The average molecular weight is 868 g/mol. The van der Waals surface area contributed by atoms with E-state index in [2.05, 4.69) is 55.8 Å². The third-order valence-electron chi connectivity index (χ3n) is 12.0. The maximum absolute atomic E-state index is 14.1. The molecule has 2 aliphatic heterocycles. The SMILES string of the molecule is CC1(C)CCC(CN2CCN(c3ccc(C(=O)NS(=O)(=O)c4cccc([N+](=O)[O-])c4NCC4CCOCC4)c(Oc4cnc5[nH]ccc5c4)c3)CC2)=C(c2ccc(Cl)cc2)C1. The van der Waals surface area contributed by atoms with Crippen LogP contribution in [-0.4, -0.2) is 86.6 Å². The second-order valence-corrected chi connectivity index (χ2v) is 18.9. The minimum Gasteiger partial charge on any atom is -0.455 e. The first-order valence-corrected chi connectivity index (χ1v) is 22.5. The molecular weight excluding hydrogens is 818 g/mol. The van der Waals surface area contributed by atoms with Crippen LogP contribution in [0.4, 0.5) is 17.1 Å². The highest BCUT2D eigenvalue weighted by atomic mass is 35.5. The summed E-state index contributed by atoms with van der Waals surface area (Å²) in [5, 5.41) is 16.6. The van der Waals surface area contributed by atoms with Gasteiger partial charge in [-0.25, -0.2) is 18.1 Å². The van der Waals surface area contributed by atoms with E-state index >= 15 is 0 Å². The van der Waals surface area contributed by atoms with E-state index in [1.807, 2.05) is 18.2 Å². The maximum Gasteiger partial charge on any atom is 0.293 e. The lowest BCUT2D eigenvalue weighted by Crippen LogP contribution is -2.47. The maximum atomic E-state index is 14.1. The van der Waals surface area contributed by atoms with Gasteiger partial charge in [0.15, 0.2) is 0 Å². The number of nitro groups is 1. The van der Waals surface area contributed by atoms with Gasteiger partial charge in [0.2, 0.25) is 0 Å². The van der Waals surface area contributed by atoms with Gasteiger partial charge in [-0.05, 0) is 97.0 Å². The Morgan fingerprint density at radius 1 is 1.05 bits per heavy atom. The van der Waals surface area contributed by atoms with Crippen LogP contribution in [0.15, 0.2) is 95.7 Å². The monoisotopic (exact) mass is 867 g/mol. The minimum atomic E-state index is -4.63. The van der Waals surface area contributed by atoms with Crippen LogP contribution in [0.2, 0.25) is 5.02 Å². The number of nitro benzene ring substituents is 1. The summed E-state index contributed by atoms with van der Waals surface area (Å²) in [6, 6.07) is 20.7. The lowest BCUT2D eigenvalue weighted by atomic mass is 9.72. The van der Waals surface area contributed by atoms with Crippen LogP contribution in [0.1, 0.15) is 61.9 Å². The van der Waals surface area contributed by atoms with E-state index in [9.17, 15) is 23.3 Å². The van der Waals surface area contributed by atoms with E-state index in [4.69, 9.17) is 21.1 Å². The number of pyridine rings is 1. The highest BCUT2D eigenvalue weighted by Crippen LogP contribution is 2.43. The molecule has 3 aliphatic rings. The minimum absolute atomic E-state index is 0.0378. The first-order chi connectivity index (χ1) is 29.3. The summed E-state index contributed by atoms with van der Waals surface area (Å²) in [6.07, 6.45) is 7.95. The summed E-state index contributed by atoms with van der Waals surface area (Å²) in [4.78, 5) is 37.3. The van der Waals surface area contributed by atoms with Crippen molar-refractivity contribution in [3.05, 3.63) is 117 Å². The van der Waals surface area contributed by atoms with Crippen molar-refractivity contribution in [2.45, 2.75) is 50.8 Å². The number of anilines is 2. The Bertz CT molecular complexity index is 2560. The Kier molecular flexibility index (Phi) is 12.4. The molecule has 2 aromatic heterocycles. The number of H-pyrrole nitrogens is 1.